The average Bonchev–Trinajstić information content (AvgIpc) is 2.75. The quantitative estimate of drug-likeness (QED) is 0.380. The monoisotopic (exact) mass is 412 g/mol. The predicted octanol–water partition coefficient (Wildman–Crippen LogP) is 7.53. The number of benzene rings is 3. The highest BCUT2D eigenvalue weighted by Gasteiger charge is 2.26. The van der Waals surface area contributed by atoms with E-state index in [-0.39, 0.29) is 22.9 Å². The fourth-order valence-electron chi connectivity index (χ4n) is 4.43. The van der Waals surface area contributed by atoms with Gasteiger partial charge in [-0.25, -0.2) is 17.6 Å². The van der Waals surface area contributed by atoms with Gasteiger partial charge in [0.15, 0.2) is 11.6 Å². The van der Waals surface area contributed by atoms with Gasteiger partial charge in [-0.1, -0.05) is 49.7 Å². The molecule has 4 rings (SSSR count). The summed E-state index contributed by atoms with van der Waals surface area (Å²) >= 11 is 0. The molecule has 0 N–H and O–H groups in total. The molecule has 4 heteroatoms. The van der Waals surface area contributed by atoms with Gasteiger partial charge in [-0.2, -0.15) is 0 Å². The number of rotatable bonds is 5. The minimum atomic E-state index is -1.05. The summed E-state index contributed by atoms with van der Waals surface area (Å²) in [5, 5.41) is 0. The number of hydrogen-bond acceptors (Lipinski definition) is 0. The Morgan fingerprint density at radius 1 is 0.867 bits per heavy atom. The molecule has 3 aromatic carbocycles. The maximum absolute atomic E-state index is 15.2. The second-order valence-corrected chi connectivity index (χ2v) is 8.07. The van der Waals surface area contributed by atoms with Gasteiger partial charge < -0.3 is 0 Å². The molecule has 0 saturated heterocycles. The van der Waals surface area contributed by atoms with Crippen molar-refractivity contribution in [1.82, 2.24) is 0 Å². The van der Waals surface area contributed by atoms with Crippen molar-refractivity contribution in [2.24, 2.45) is 0 Å². The molecule has 1 aliphatic rings. The van der Waals surface area contributed by atoms with Crippen molar-refractivity contribution in [1.29, 1.82) is 0 Å². The normalized spacial score (nSPS) is 15.8. The van der Waals surface area contributed by atoms with Gasteiger partial charge in [-0.3, -0.25) is 0 Å². The summed E-state index contributed by atoms with van der Waals surface area (Å²) in [6.07, 6.45) is 4.55. The molecule has 0 bridgehead atoms. The molecule has 1 unspecified atom stereocenters. The van der Waals surface area contributed by atoms with Crippen molar-refractivity contribution < 1.29 is 17.6 Å². The highest BCUT2D eigenvalue weighted by Crippen LogP contribution is 2.38. The maximum Gasteiger partial charge on any atom is 0.166 e. The van der Waals surface area contributed by atoms with Gasteiger partial charge in [0, 0.05) is 11.1 Å². The summed E-state index contributed by atoms with van der Waals surface area (Å²) in [5.41, 5.74) is 2.98. The van der Waals surface area contributed by atoms with Crippen LogP contribution in [-0.2, 0) is 19.3 Å². The number of aryl methyl sites for hydroxylation is 1. The van der Waals surface area contributed by atoms with Crippen LogP contribution in [-0.4, -0.2) is 0 Å². The molecular weight excluding hydrogens is 388 g/mol. The van der Waals surface area contributed by atoms with E-state index in [0.717, 1.165) is 36.5 Å². The van der Waals surface area contributed by atoms with Crippen LogP contribution in [0.5, 0.6) is 0 Å². The molecule has 0 aliphatic heterocycles. The summed E-state index contributed by atoms with van der Waals surface area (Å²) in [6.45, 7) is 2.11. The SMILES string of the molecule is CCCCc1ccc(C2CCc3c(ccc(-c4cccc(F)c4F)c3F)C2)c(F)c1. The molecule has 0 aromatic heterocycles. The average molecular weight is 412 g/mol. The summed E-state index contributed by atoms with van der Waals surface area (Å²) in [5.74, 6) is -2.77. The van der Waals surface area contributed by atoms with E-state index >= 15 is 4.39 Å². The fraction of sp³-hybridized carbons (Fsp3) is 0.308. The Morgan fingerprint density at radius 3 is 2.43 bits per heavy atom. The van der Waals surface area contributed by atoms with E-state index < -0.39 is 17.5 Å². The lowest BCUT2D eigenvalue weighted by Crippen LogP contribution is -2.16. The Bertz CT molecular complexity index is 1070. The summed E-state index contributed by atoms with van der Waals surface area (Å²) in [7, 11) is 0. The number of unbranched alkanes of at least 4 members (excludes halogenated alkanes) is 1. The largest absolute Gasteiger partial charge is 0.207 e. The van der Waals surface area contributed by atoms with Crippen LogP contribution in [0.1, 0.15) is 54.4 Å². The van der Waals surface area contributed by atoms with Crippen molar-refractivity contribution in [3.63, 3.8) is 0 Å². The summed E-state index contributed by atoms with van der Waals surface area (Å²) in [6, 6.07) is 12.5. The summed E-state index contributed by atoms with van der Waals surface area (Å²) < 4.78 is 57.6. The predicted molar refractivity (Wildman–Crippen MR) is 112 cm³/mol. The van der Waals surface area contributed by atoms with Gasteiger partial charge in [-0.15, -0.1) is 0 Å². The molecule has 156 valence electrons. The van der Waals surface area contributed by atoms with E-state index in [1.54, 1.807) is 12.1 Å². The molecule has 30 heavy (non-hydrogen) atoms. The number of halogens is 4. The van der Waals surface area contributed by atoms with Crippen molar-refractivity contribution in [3.8, 4) is 11.1 Å². The van der Waals surface area contributed by atoms with Crippen LogP contribution in [0.3, 0.4) is 0 Å². The van der Waals surface area contributed by atoms with Gasteiger partial charge in [0.2, 0.25) is 0 Å². The van der Waals surface area contributed by atoms with E-state index in [4.69, 9.17) is 0 Å². The zero-order valence-electron chi connectivity index (χ0n) is 17.0. The van der Waals surface area contributed by atoms with E-state index in [2.05, 4.69) is 6.92 Å². The fourth-order valence-corrected chi connectivity index (χ4v) is 4.43. The third-order valence-corrected chi connectivity index (χ3v) is 6.11. The van der Waals surface area contributed by atoms with Crippen molar-refractivity contribution in [2.75, 3.05) is 0 Å². The first kappa shape index (κ1) is 20.6. The Labute approximate surface area is 174 Å². The molecular formula is C26H24F4. The lowest BCUT2D eigenvalue weighted by Gasteiger charge is -2.26. The minimum Gasteiger partial charge on any atom is -0.207 e. The van der Waals surface area contributed by atoms with Crippen LogP contribution in [0.4, 0.5) is 17.6 Å². The van der Waals surface area contributed by atoms with Crippen LogP contribution in [0.2, 0.25) is 0 Å². The lowest BCUT2D eigenvalue weighted by atomic mass is 9.78. The van der Waals surface area contributed by atoms with Crippen LogP contribution in [0.15, 0.2) is 48.5 Å². The minimum absolute atomic E-state index is 0.0196. The molecule has 0 radical (unpaired) electrons. The first-order chi connectivity index (χ1) is 14.5. The van der Waals surface area contributed by atoms with Crippen LogP contribution in [0, 0.1) is 23.3 Å². The van der Waals surface area contributed by atoms with Crippen LogP contribution >= 0.6 is 0 Å². The van der Waals surface area contributed by atoms with Crippen molar-refractivity contribution >= 4 is 0 Å². The lowest BCUT2D eigenvalue weighted by molar-refractivity contribution is 0.506. The van der Waals surface area contributed by atoms with E-state index in [9.17, 15) is 13.2 Å². The Morgan fingerprint density at radius 2 is 1.67 bits per heavy atom. The molecule has 0 fully saturated rings. The van der Waals surface area contributed by atoms with E-state index in [1.807, 2.05) is 12.1 Å². The Hall–Kier alpha value is -2.62. The van der Waals surface area contributed by atoms with Crippen molar-refractivity contribution in [3.05, 3.63) is 94.1 Å². The van der Waals surface area contributed by atoms with Gasteiger partial charge in [0.05, 0.1) is 0 Å². The van der Waals surface area contributed by atoms with Crippen LogP contribution in [0.25, 0.3) is 11.1 Å². The Kier molecular flexibility index (Phi) is 5.94. The zero-order chi connectivity index (χ0) is 21.3. The highest BCUT2D eigenvalue weighted by molar-refractivity contribution is 5.67. The third-order valence-electron chi connectivity index (χ3n) is 6.11. The number of fused-ring (bicyclic) bond motifs is 1. The number of hydrogen-bond donors (Lipinski definition) is 0. The second-order valence-electron chi connectivity index (χ2n) is 8.07. The zero-order valence-corrected chi connectivity index (χ0v) is 17.0. The molecule has 0 heterocycles. The standard InChI is InChI=1S/C26H24F4/c1-2-3-5-16-8-11-19(24(28)14-16)17-9-12-20-18(15-17)10-13-22(25(20)29)21-6-4-7-23(27)26(21)30/h4,6-8,10-11,13-14,17H,2-3,5,9,12,15H2,1H3. The summed E-state index contributed by atoms with van der Waals surface area (Å²) in [4.78, 5) is 0. The molecule has 1 atom stereocenters. The topological polar surface area (TPSA) is 0 Å². The molecule has 0 nitrogen and oxygen atoms in total. The first-order valence-electron chi connectivity index (χ1n) is 10.5. The smallest absolute Gasteiger partial charge is 0.166 e. The van der Waals surface area contributed by atoms with Gasteiger partial charge in [0.25, 0.3) is 0 Å². The van der Waals surface area contributed by atoms with Crippen LogP contribution < -0.4 is 0 Å². The highest BCUT2D eigenvalue weighted by atomic mass is 19.2. The molecule has 0 saturated carbocycles. The van der Waals surface area contributed by atoms with E-state index in [0.29, 0.717) is 30.4 Å². The van der Waals surface area contributed by atoms with Crippen molar-refractivity contribution in [2.45, 2.75) is 51.4 Å². The molecule has 3 aromatic rings. The third kappa shape index (κ3) is 3.88. The van der Waals surface area contributed by atoms with Gasteiger partial charge in [-0.05, 0) is 72.4 Å². The molecule has 1 aliphatic carbocycles. The van der Waals surface area contributed by atoms with E-state index in [1.165, 1.54) is 18.2 Å². The van der Waals surface area contributed by atoms with Gasteiger partial charge >= 0.3 is 0 Å². The maximum atomic E-state index is 15.2. The first-order valence-corrected chi connectivity index (χ1v) is 10.5. The second kappa shape index (κ2) is 8.63. The molecule has 0 spiro atoms. The molecule has 0 amide bonds. The van der Waals surface area contributed by atoms with Gasteiger partial charge in [0.1, 0.15) is 11.6 Å². The Balaban J connectivity index is 1.61.